The van der Waals surface area contributed by atoms with Crippen LogP contribution in [-0.4, -0.2) is 26.1 Å². The lowest BCUT2D eigenvalue weighted by Gasteiger charge is -2.38. The van der Waals surface area contributed by atoms with Gasteiger partial charge in [-0.15, -0.1) is 0 Å². The third kappa shape index (κ3) is 3.68. The summed E-state index contributed by atoms with van der Waals surface area (Å²) in [5.41, 5.74) is 6.31. The standard InChI is InChI=1S/C23H27N5O/c1-5-21-18(4)25-23-27(20-9-8-16(2)17(3)11-20)14-26(15-28(23)22(21)29)13-19-7-6-10-24-12-19/h6-12H,5,13-15H2,1-4H3. The second kappa shape index (κ2) is 7.79. The molecule has 29 heavy (non-hydrogen) atoms. The maximum Gasteiger partial charge on any atom is 0.259 e. The Morgan fingerprint density at radius 3 is 2.59 bits per heavy atom. The monoisotopic (exact) mass is 389 g/mol. The highest BCUT2D eigenvalue weighted by molar-refractivity contribution is 5.60. The lowest BCUT2D eigenvalue weighted by Crippen LogP contribution is -2.47. The zero-order valence-corrected chi connectivity index (χ0v) is 17.5. The highest BCUT2D eigenvalue weighted by Crippen LogP contribution is 2.29. The first-order valence-corrected chi connectivity index (χ1v) is 10.0. The second-order valence-electron chi connectivity index (χ2n) is 7.73. The molecule has 0 unspecified atom stereocenters. The normalized spacial score (nSPS) is 14.1. The van der Waals surface area contributed by atoms with E-state index in [9.17, 15) is 4.79 Å². The highest BCUT2D eigenvalue weighted by atomic mass is 16.1. The van der Waals surface area contributed by atoms with E-state index >= 15 is 0 Å². The number of hydrogen-bond acceptors (Lipinski definition) is 5. The van der Waals surface area contributed by atoms with E-state index in [1.807, 2.05) is 26.1 Å². The molecule has 1 aliphatic rings. The van der Waals surface area contributed by atoms with Crippen molar-refractivity contribution in [3.8, 4) is 0 Å². The van der Waals surface area contributed by atoms with Crippen LogP contribution in [0.5, 0.6) is 0 Å². The van der Waals surface area contributed by atoms with Crippen LogP contribution in [0.4, 0.5) is 11.6 Å². The van der Waals surface area contributed by atoms with Crippen LogP contribution in [0.3, 0.4) is 0 Å². The molecule has 3 heterocycles. The van der Waals surface area contributed by atoms with E-state index in [-0.39, 0.29) is 5.56 Å². The topological polar surface area (TPSA) is 54.3 Å². The molecular formula is C23H27N5O. The SMILES string of the molecule is CCc1c(C)nc2n(c1=O)CN(Cc1cccnc1)CN2c1ccc(C)c(C)c1. The Morgan fingerprint density at radius 1 is 1.07 bits per heavy atom. The van der Waals surface area contributed by atoms with E-state index < -0.39 is 0 Å². The van der Waals surface area contributed by atoms with Gasteiger partial charge in [-0.1, -0.05) is 19.1 Å². The van der Waals surface area contributed by atoms with Gasteiger partial charge in [0.2, 0.25) is 5.95 Å². The summed E-state index contributed by atoms with van der Waals surface area (Å²) in [6.07, 6.45) is 4.34. The van der Waals surface area contributed by atoms with Crippen LogP contribution in [0, 0.1) is 20.8 Å². The number of anilines is 2. The van der Waals surface area contributed by atoms with Crippen LogP contribution in [0.1, 0.15) is 34.9 Å². The molecular weight excluding hydrogens is 362 g/mol. The minimum Gasteiger partial charge on any atom is -0.298 e. The summed E-state index contributed by atoms with van der Waals surface area (Å²) in [5.74, 6) is 0.718. The third-order valence-corrected chi connectivity index (χ3v) is 5.66. The van der Waals surface area contributed by atoms with Crippen molar-refractivity contribution in [2.75, 3.05) is 11.6 Å². The van der Waals surface area contributed by atoms with Gasteiger partial charge in [0, 0.05) is 35.9 Å². The fraction of sp³-hybridized carbons (Fsp3) is 0.348. The van der Waals surface area contributed by atoms with E-state index in [4.69, 9.17) is 4.98 Å². The minimum absolute atomic E-state index is 0.0553. The minimum atomic E-state index is 0.0553. The Morgan fingerprint density at radius 2 is 1.90 bits per heavy atom. The molecule has 0 amide bonds. The lowest BCUT2D eigenvalue weighted by molar-refractivity contribution is 0.189. The number of nitrogens with zero attached hydrogens (tertiary/aromatic N) is 5. The smallest absolute Gasteiger partial charge is 0.259 e. The number of aryl methyl sites for hydroxylation is 3. The van der Waals surface area contributed by atoms with Gasteiger partial charge in [-0.3, -0.25) is 24.1 Å². The molecule has 0 saturated heterocycles. The first-order valence-electron chi connectivity index (χ1n) is 10.0. The quantitative estimate of drug-likeness (QED) is 0.681. The molecule has 0 aliphatic carbocycles. The predicted octanol–water partition coefficient (Wildman–Crippen LogP) is 3.69. The van der Waals surface area contributed by atoms with Crippen LogP contribution in [0.25, 0.3) is 0 Å². The maximum absolute atomic E-state index is 13.2. The van der Waals surface area contributed by atoms with Gasteiger partial charge in [0.1, 0.15) is 0 Å². The summed E-state index contributed by atoms with van der Waals surface area (Å²) in [6.45, 7) is 10.1. The van der Waals surface area contributed by atoms with Crippen LogP contribution in [-0.2, 0) is 19.6 Å². The summed E-state index contributed by atoms with van der Waals surface area (Å²) in [7, 11) is 0. The fourth-order valence-electron chi connectivity index (χ4n) is 3.88. The summed E-state index contributed by atoms with van der Waals surface area (Å²) in [4.78, 5) is 26.7. The summed E-state index contributed by atoms with van der Waals surface area (Å²) in [5, 5.41) is 0. The van der Waals surface area contributed by atoms with Crippen molar-refractivity contribution in [2.24, 2.45) is 0 Å². The van der Waals surface area contributed by atoms with E-state index in [2.05, 4.69) is 52.9 Å². The number of fused-ring (bicyclic) bond motifs is 1. The van der Waals surface area contributed by atoms with Crippen LogP contribution in [0.15, 0.2) is 47.5 Å². The van der Waals surface area contributed by atoms with Gasteiger partial charge in [-0.2, -0.15) is 0 Å². The van der Waals surface area contributed by atoms with E-state index in [0.717, 1.165) is 35.0 Å². The molecule has 4 rings (SSSR count). The van der Waals surface area contributed by atoms with Crippen molar-refractivity contribution in [2.45, 2.75) is 47.3 Å². The molecule has 3 aromatic rings. The first-order chi connectivity index (χ1) is 14.0. The second-order valence-corrected chi connectivity index (χ2v) is 7.73. The van der Waals surface area contributed by atoms with Crippen molar-refractivity contribution in [3.63, 3.8) is 0 Å². The van der Waals surface area contributed by atoms with Crippen molar-refractivity contribution < 1.29 is 0 Å². The van der Waals surface area contributed by atoms with E-state index in [0.29, 0.717) is 19.8 Å². The average molecular weight is 390 g/mol. The van der Waals surface area contributed by atoms with E-state index in [1.54, 1.807) is 10.8 Å². The Labute approximate surface area is 171 Å². The number of pyridine rings is 1. The van der Waals surface area contributed by atoms with Gasteiger partial charge >= 0.3 is 0 Å². The number of rotatable bonds is 4. The zero-order valence-electron chi connectivity index (χ0n) is 17.5. The molecule has 6 heteroatoms. The summed E-state index contributed by atoms with van der Waals surface area (Å²) < 4.78 is 1.81. The number of benzene rings is 1. The fourth-order valence-corrected chi connectivity index (χ4v) is 3.88. The zero-order chi connectivity index (χ0) is 20.5. The molecule has 2 aromatic heterocycles. The largest absolute Gasteiger partial charge is 0.298 e. The first kappa shape index (κ1) is 19.3. The molecule has 6 nitrogen and oxygen atoms in total. The van der Waals surface area contributed by atoms with Gasteiger partial charge in [0.15, 0.2) is 0 Å². The molecule has 0 radical (unpaired) electrons. The highest BCUT2D eigenvalue weighted by Gasteiger charge is 2.27. The van der Waals surface area contributed by atoms with Crippen LogP contribution in [0.2, 0.25) is 0 Å². The molecule has 1 aromatic carbocycles. The molecule has 0 spiro atoms. The van der Waals surface area contributed by atoms with Crippen molar-refractivity contribution in [3.05, 3.63) is 81.0 Å². The molecule has 0 fully saturated rings. The Balaban J connectivity index is 1.81. The van der Waals surface area contributed by atoms with Gasteiger partial charge in [0.25, 0.3) is 5.56 Å². The Hall–Kier alpha value is -2.99. The Kier molecular flexibility index (Phi) is 5.20. The number of hydrogen-bond donors (Lipinski definition) is 0. The molecule has 0 saturated carbocycles. The van der Waals surface area contributed by atoms with Gasteiger partial charge in [-0.05, 0) is 62.1 Å². The molecule has 0 N–H and O–H groups in total. The summed E-state index contributed by atoms with van der Waals surface area (Å²) >= 11 is 0. The average Bonchev–Trinajstić information content (AvgIpc) is 2.71. The molecule has 0 bridgehead atoms. The molecule has 0 atom stereocenters. The van der Waals surface area contributed by atoms with Gasteiger partial charge < -0.3 is 0 Å². The maximum atomic E-state index is 13.2. The van der Waals surface area contributed by atoms with Crippen LogP contribution < -0.4 is 10.5 Å². The van der Waals surface area contributed by atoms with Crippen molar-refractivity contribution in [1.29, 1.82) is 0 Å². The van der Waals surface area contributed by atoms with Crippen LogP contribution >= 0.6 is 0 Å². The van der Waals surface area contributed by atoms with Gasteiger partial charge in [0.05, 0.1) is 13.3 Å². The molecule has 150 valence electrons. The third-order valence-electron chi connectivity index (χ3n) is 5.66. The lowest BCUT2D eigenvalue weighted by atomic mass is 10.1. The van der Waals surface area contributed by atoms with Crippen molar-refractivity contribution in [1.82, 2.24) is 19.4 Å². The van der Waals surface area contributed by atoms with Gasteiger partial charge in [-0.25, -0.2) is 4.98 Å². The summed E-state index contributed by atoms with van der Waals surface area (Å²) in [6, 6.07) is 10.4. The molecule has 1 aliphatic heterocycles. The van der Waals surface area contributed by atoms with Crippen molar-refractivity contribution >= 4 is 11.6 Å². The Bertz CT molecular complexity index is 1090. The number of aromatic nitrogens is 3. The van der Waals surface area contributed by atoms with E-state index in [1.165, 1.54) is 11.1 Å². The predicted molar refractivity (Wildman–Crippen MR) is 115 cm³/mol.